The first-order valence-electron chi connectivity index (χ1n) is 19.6. The molecule has 0 aromatic heterocycles. The van der Waals surface area contributed by atoms with E-state index in [1.165, 1.54) is 103 Å². The molecule has 0 aliphatic heterocycles. The number of carbonyl (C=O) groups excluding carboxylic acids is 1. The molecule has 0 rings (SSSR count). The second-order valence-electron chi connectivity index (χ2n) is 14.7. The normalized spacial score (nSPS) is 14.8. The molecule has 1 amide bonds. The summed E-state index contributed by atoms with van der Waals surface area (Å²) >= 11 is 0. The number of phosphoric acid groups is 1. The number of phosphoric ester groups is 1. The first-order valence-corrected chi connectivity index (χ1v) is 21.0. The predicted octanol–water partition coefficient (Wildman–Crippen LogP) is 10.0. The molecule has 0 aliphatic carbocycles. The Morgan fingerprint density at radius 2 is 1.15 bits per heavy atom. The van der Waals surface area contributed by atoms with Gasteiger partial charge in [-0.05, 0) is 38.5 Å². The molecule has 0 heterocycles. The summed E-state index contributed by atoms with van der Waals surface area (Å²) < 4.78 is 23.5. The van der Waals surface area contributed by atoms with E-state index in [4.69, 9.17) is 9.05 Å². The van der Waals surface area contributed by atoms with Crippen LogP contribution < -0.4 is 5.32 Å². The minimum Gasteiger partial charge on any atom is -0.391 e. The molecule has 3 N–H and O–H groups in total. The molecule has 0 saturated heterocycles. The Balaban J connectivity index is 4.46. The molecule has 0 aromatic carbocycles. The summed E-state index contributed by atoms with van der Waals surface area (Å²) in [5.41, 5.74) is 0. The Bertz CT molecular complexity index is 789. The van der Waals surface area contributed by atoms with Crippen LogP contribution in [0.15, 0.2) is 12.2 Å². The van der Waals surface area contributed by atoms with Crippen LogP contribution in [0.1, 0.15) is 174 Å². The standard InChI is InChI=1S/C38H77N2O6P/c1-6-8-10-12-14-16-18-19-20-22-24-26-28-30-32-38(42)39-36(35-46-47(43,44)45-34-33-40(3,4)5)37(41)31-29-27-25-23-21-17-15-13-11-9-7-2/h21,23,36-37,41H,6-20,22,24-35H2,1-5H3,(H-,39,42,43,44)/p+1/b23-21+/t36-,37+/m0/s1. The maximum absolute atomic E-state index is 12.8. The molecular weight excluding hydrogens is 611 g/mol. The van der Waals surface area contributed by atoms with Crippen molar-refractivity contribution in [2.24, 2.45) is 0 Å². The molecule has 1 unspecified atom stereocenters. The third-order valence-electron chi connectivity index (χ3n) is 8.76. The number of nitrogens with zero attached hydrogens (tertiary/aromatic N) is 1. The average Bonchev–Trinajstić information content (AvgIpc) is 3.01. The Morgan fingerprint density at radius 3 is 1.64 bits per heavy atom. The number of aliphatic hydroxyl groups is 1. The largest absolute Gasteiger partial charge is 0.472 e. The fourth-order valence-electron chi connectivity index (χ4n) is 5.57. The van der Waals surface area contributed by atoms with Crippen molar-refractivity contribution in [3.05, 3.63) is 12.2 Å². The summed E-state index contributed by atoms with van der Waals surface area (Å²) in [5, 5.41) is 13.8. The van der Waals surface area contributed by atoms with Crippen molar-refractivity contribution in [1.29, 1.82) is 0 Å². The maximum atomic E-state index is 12.8. The smallest absolute Gasteiger partial charge is 0.391 e. The summed E-state index contributed by atoms with van der Waals surface area (Å²) in [6.07, 6.45) is 32.3. The zero-order chi connectivity index (χ0) is 35.1. The maximum Gasteiger partial charge on any atom is 0.472 e. The first-order chi connectivity index (χ1) is 22.5. The van der Waals surface area contributed by atoms with Gasteiger partial charge in [-0.3, -0.25) is 13.8 Å². The van der Waals surface area contributed by atoms with E-state index in [1.807, 2.05) is 21.1 Å². The molecule has 0 bridgehead atoms. The van der Waals surface area contributed by atoms with Gasteiger partial charge in [-0.15, -0.1) is 0 Å². The van der Waals surface area contributed by atoms with Gasteiger partial charge in [0.15, 0.2) is 0 Å². The fourth-order valence-corrected chi connectivity index (χ4v) is 6.30. The van der Waals surface area contributed by atoms with Gasteiger partial charge in [0.1, 0.15) is 13.2 Å². The number of likely N-dealkylation sites (N-methyl/N-ethyl adjacent to an activating group) is 1. The molecule has 0 aromatic rings. The van der Waals surface area contributed by atoms with Gasteiger partial charge in [0.2, 0.25) is 5.91 Å². The van der Waals surface area contributed by atoms with Crippen molar-refractivity contribution < 1.29 is 32.9 Å². The number of rotatable bonds is 35. The molecule has 8 nitrogen and oxygen atoms in total. The van der Waals surface area contributed by atoms with Crippen LogP contribution in [0.2, 0.25) is 0 Å². The number of hydrogen-bond acceptors (Lipinski definition) is 5. The van der Waals surface area contributed by atoms with E-state index in [-0.39, 0.29) is 19.1 Å². The average molecular weight is 690 g/mol. The highest BCUT2D eigenvalue weighted by Crippen LogP contribution is 2.43. The van der Waals surface area contributed by atoms with E-state index in [2.05, 4.69) is 31.3 Å². The number of amides is 1. The number of carbonyl (C=O) groups is 1. The Morgan fingerprint density at radius 1 is 0.702 bits per heavy atom. The number of quaternary nitrogens is 1. The summed E-state index contributed by atoms with van der Waals surface area (Å²) in [6, 6.07) is -0.768. The zero-order valence-corrected chi connectivity index (χ0v) is 32.4. The van der Waals surface area contributed by atoms with Gasteiger partial charge in [0, 0.05) is 6.42 Å². The number of unbranched alkanes of at least 4 members (excludes halogenated alkanes) is 20. The van der Waals surface area contributed by atoms with Gasteiger partial charge >= 0.3 is 7.82 Å². The van der Waals surface area contributed by atoms with Crippen LogP contribution in [0.5, 0.6) is 0 Å². The molecule has 0 radical (unpaired) electrons. The van der Waals surface area contributed by atoms with E-state index in [0.29, 0.717) is 23.9 Å². The first kappa shape index (κ1) is 46.2. The van der Waals surface area contributed by atoms with Crippen molar-refractivity contribution in [2.45, 2.75) is 187 Å². The Hall–Kier alpha value is -0.760. The molecule has 0 spiro atoms. The van der Waals surface area contributed by atoms with Crippen LogP contribution in [0.25, 0.3) is 0 Å². The van der Waals surface area contributed by atoms with Crippen LogP contribution in [-0.4, -0.2) is 73.4 Å². The summed E-state index contributed by atoms with van der Waals surface area (Å²) in [4.78, 5) is 23.0. The monoisotopic (exact) mass is 690 g/mol. The van der Waals surface area contributed by atoms with Crippen LogP contribution in [0.3, 0.4) is 0 Å². The summed E-state index contributed by atoms with van der Waals surface area (Å²) in [7, 11) is 1.60. The van der Waals surface area contributed by atoms with Crippen molar-refractivity contribution in [2.75, 3.05) is 40.9 Å². The van der Waals surface area contributed by atoms with Crippen molar-refractivity contribution in [3.63, 3.8) is 0 Å². The van der Waals surface area contributed by atoms with Gasteiger partial charge in [0.25, 0.3) is 0 Å². The predicted molar refractivity (Wildman–Crippen MR) is 198 cm³/mol. The van der Waals surface area contributed by atoms with Crippen molar-refractivity contribution in [3.8, 4) is 0 Å². The Kier molecular flexibility index (Phi) is 30.7. The molecular formula is C38H78N2O6P+. The lowest BCUT2D eigenvalue weighted by molar-refractivity contribution is -0.870. The number of allylic oxidation sites excluding steroid dienone is 2. The van der Waals surface area contributed by atoms with Crippen molar-refractivity contribution in [1.82, 2.24) is 5.32 Å². The topological polar surface area (TPSA) is 105 Å². The van der Waals surface area contributed by atoms with Crippen LogP contribution in [0.4, 0.5) is 0 Å². The molecule has 47 heavy (non-hydrogen) atoms. The second kappa shape index (κ2) is 31.2. The van der Waals surface area contributed by atoms with Crippen LogP contribution in [0, 0.1) is 0 Å². The molecule has 0 fully saturated rings. The molecule has 9 heteroatoms. The van der Waals surface area contributed by atoms with Crippen molar-refractivity contribution >= 4 is 13.7 Å². The van der Waals surface area contributed by atoms with E-state index in [1.54, 1.807) is 0 Å². The highest BCUT2D eigenvalue weighted by atomic mass is 31.2. The zero-order valence-electron chi connectivity index (χ0n) is 31.5. The minimum atomic E-state index is -4.31. The van der Waals surface area contributed by atoms with Gasteiger partial charge in [-0.2, -0.15) is 0 Å². The fraction of sp³-hybridized carbons (Fsp3) is 0.921. The van der Waals surface area contributed by atoms with Crippen LogP contribution in [-0.2, 0) is 18.4 Å². The minimum absolute atomic E-state index is 0.0717. The van der Waals surface area contributed by atoms with Gasteiger partial charge in [0.05, 0.1) is 39.9 Å². The molecule has 3 atom stereocenters. The highest BCUT2D eigenvalue weighted by Gasteiger charge is 2.28. The third kappa shape index (κ3) is 33.5. The lowest BCUT2D eigenvalue weighted by Crippen LogP contribution is -2.46. The van der Waals surface area contributed by atoms with E-state index in [0.717, 1.165) is 44.9 Å². The van der Waals surface area contributed by atoms with Gasteiger partial charge in [-0.25, -0.2) is 4.57 Å². The van der Waals surface area contributed by atoms with Gasteiger partial charge < -0.3 is 19.8 Å². The van der Waals surface area contributed by atoms with E-state index >= 15 is 0 Å². The molecule has 0 aliphatic rings. The molecule has 0 saturated carbocycles. The summed E-state index contributed by atoms with van der Waals surface area (Å²) in [5.74, 6) is -0.155. The Labute approximate surface area is 291 Å². The lowest BCUT2D eigenvalue weighted by atomic mass is 10.0. The van der Waals surface area contributed by atoms with Crippen LogP contribution >= 0.6 is 7.82 Å². The van der Waals surface area contributed by atoms with E-state index in [9.17, 15) is 19.4 Å². The lowest BCUT2D eigenvalue weighted by Gasteiger charge is -2.26. The number of aliphatic hydroxyl groups excluding tert-OH is 1. The SMILES string of the molecule is CCCCCCC/C=C/CCCC[C@@H](O)[C@H](COP(=O)(O)OCC[N+](C)(C)C)NC(=O)CCCCCCCCCCCCCCCC. The van der Waals surface area contributed by atoms with Gasteiger partial charge in [-0.1, -0.05) is 142 Å². The number of hydrogen-bond donors (Lipinski definition) is 3. The summed E-state index contributed by atoms with van der Waals surface area (Å²) in [6.45, 7) is 4.83. The number of nitrogens with one attached hydrogen (secondary N) is 1. The second-order valence-corrected chi connectivity index (χ2v) is 16.1. The highest BCUT2D eigenvalue weighted by molar-refractivity contribution is 7.47. The third-order valence-corrected chi connectivity index (χ3v) is 9.75. The quantitative estimate of drug-likeness (QED) is 0.0265. The van der Waals surface area contributed by atoms with E-state index < -0.39 is 20.0 Å². The molecule has 280 valence electrons.